The number of nitrogens with two attached hydrogens (primary N) is 1. The highest BCUT2D eigenvalue weighted by Crippen LogP contribution is 2.39. The highest BCUT2D eigenvalue weighted by atomic mass is 14.8. The summed E-state index contributed by atoms with van der Waals surface area (Å²) in [6.07, 6.45) is 3.48. The van der Waals surface area contributed by atoms with Crippen LogP contribution >= 0.6 is 0 Å². The molecule has 3 rings (SSSR count). The fraction of sp³-hybridized carbons (Fsp3) is 0.250. The van der Waals surface area contributed by atoms with Crippen molar-refractivity contribution in [1.29, 1.82) is 0 Å². The van der Waals surface area contributed by atoms with E-state index in [4.69, 9.17) is 5.73 Å². The van der Waals surface area contributed by atoms with Gasteiger partial charge in [-0.3, -0.25) is 0 Å². The molecule has 0 heterocycles. The van der Waals surface area contributed by atoms with Gasteiger partial charge < -0.3 is 5.73 Å². The van der Waals surface area contributed by atoms with Gasteiger partial charge in [-0.05, 0) is 42.0 Å². The molecule has 0 saturated heterocycles. The normalized spacial score (nSPS) is 17.5. The minimum atomic E-state index is -0.0566. The summed E-state index contributed by atoms with van der Waals surface area (Å²) < 4.78 is 0. The third-order valence-corrected chi connectivity index (χ3v) is 3.73. The summed E-state index contributed by atoms with van der Waals surface area (Å²) in [6.45, 7) is 0. The second-order valence-electron chi connectivity index (χ2n) is 4.86. The van der Waals surface area contributed by atoms with Crippen LogP contribution < -0.4 is 5.73 Å². The van der Waals surface area contributed by atoms with Crippen LogP contribution in [-0.2, 0) is 5.54 Å². The molecule has 0 bridgehead atoms. The fourth-order valence-corrected chi connectivity index (χ4v) is 2.40. The fourth-order valence-electron chi connectivity index (χ4n) is 2.40. The molecule has 1 fully saturated rings. The number of hydrogen-bond donors (Lipinski definition) is 1. The molecule has 1 radical (unpaired) electrons. The Morgan fingerprint density at radius 2 is 1.76 bits per heavy atom. The quantitative estimate of drug-likeness (QED) is 0.827. The summed E-state index contributed by atoms with van der Waals surface area (Å²) in [5.74, 6) is 0. The maximum absolute atomic E-state index is 6.31. The molecule has 0 spiro atoms. The molecule has 0 atom stereocenters. The van der Waals surface area contributed by atoms with Crippen LogP contribution in [0.5, 0.6) is 0 Å². The van der Waals surface area contributed by atoms with Crippen LogP contribution in [-0.4, -0.2) is 0 Å². The van der Waals surface area contributed by atoms with Crippen molar-refractivity contribution in [3.8, 4) is 11.1 Å². The van der Waals surface area contributed by atoms with Crippen molar-refractivity contribution in [2.75, 3.05) is 0 Å². The van der Waals surface area contributed by atoms with E-state index in [9.17, 15) is 0 Å². The molecule has 85 valence electrons. The van der Waals surface area contributed by atoms with Gasteiger partial charge in [0.2, 0.25) is 0 Å². The van der Waals surface area contributed by atoms with E-state index < -0.39 is 0 Å². The van der Waals surface area contributed by atoms with Crippen molar-refractivity contribution in [3.63, 3.8) is 0 Å². The molecular formula is C16H16N. The zero-order valence-electron chi connectivity index (χ0n) is 9.82. The van der Waals surface area contributed by atoms with Crippen molar-refractivity contribution in [3.05, 3.63) is 60.2 Å². The van der Waals surface area contributed by atoms with E-state index in [1.807, 2.05) is 18.2 Å². The molecule has 1 aliphatic carbocycles. The smallest absolute Gasteiger partial charge is 0.0409 e. The zero-order valence-corrected chi connectivity index (χ0v) is 9.82. The van der Waals surface area contributed by atoms with E-state index in [2.05, 4.69) is 36.4 Å². The lowest BCUT2D eigenvalue weighted by atomic mass is 9.72. The van der Waals surface area contributed by atoms with Crippen LogP contribution in [0.4, 0.5) is 0 Å². The summed E-state index contributed by atoms with van der Waals surface area (Å²) in [5, 5.41) is 0. The third-order valence-electron chi connectivity index (χ3n) is 3.73. The summed E-state index contributed by atoms with van der Waals surface area (Å²) >= 11 is 0. The summed E-state index contributed by atoms with van der Waals surface area (Å²) in [5.41, 5.74) is 9.86. The predicted octanol–water partition coefficient (Wildman–Crippen LogP) is 3.49. The molecule has 17 heavy (non-hydrogen) atoms. The lowest BCUT2D eigenvalue weighted by molar-refractivity contribution is 0.253. The first-order valence-electron chi connectivity index (χ1n) is 6.14. The molecule has 0 aromatic heterocycles. The standard InChI is InChI=1S/C16H16N/c17-16(11-4-12-16)15-9-7-14(8-10-15)13-5-2-1-3-6-13/h1-3,5,7-10H,4,11-12,17H2. The van der Waals surface area contributed by atoms with Gasteiger partial charge in [0.05, 0.1) is 0 Å². The number of hydrogen-bond acceptors (Lipinski definition) is 1. The first kappa shape index (κ1) is 10.5. The zero-order chi connectivity index (χ0) is 11.7. The topological polar surface area (TPSA) is 26.0 Å². The van der Waals surface area contributed by atoms with E-state index in [0.717, 1.165) is 18.4 Å². The molecular weight excluding hydrogens is 206 g/mol. The van der Waals surface area contributed by atoms with Gasteiger partial charge in [-0.1, -0.05) is 48.5 Å². The highest BCUT2D eigenvalue weighted by molar-refractivity contribution is 5.63. The van der Waals surface area contributed by atoms with E-state index in [1.54, 1.807) is 0 Å². The summed E-state index contributed by atoms with van der Waals surface area (Å²) in [7, 11) is 0. The second kappa shape index (κ2) is 4.01. The van der Waals surface area contributed by atoms with E-state index in [-0.39, 0.29) is 5.54 Å². The van der Waals surface area contributed by atoms with E-state index in [1.165, 1.54) is 17.5 Å². The molecule has 0 aliphatic heterocycles. The molecule has 0 unspecified atom stereocenters. The van der Waals surface area contributed by atoms with Crippen LogP contribution in [0.15, 0.2) is 48.5 Å². The van der Waals surface area contributed by atoms with Gasteiger partial charge in [0, 0.05) is 5.54 Å². The van der Waals surface area contributed by atoms with E-state index >= 15 is 0 Å². The Balaban J connectivity index is 1.90. The number of benzene rings is 2. The second-order valence-corrected chi connectivity index (χ2v) is 4.86. The molecule has 1 heteroatoms. The van der Waals surface area contributed by atoms with Crippen molar-refractivity contribution in [2.45, 2.75) is 24.8 Å². The van der Waals surface area contributed by atoms with Crippen molar-refractivity contribution in [2.24, 2.45) is 5.73 Å². The van der Waals surface area contributed by atoms with Gasteiger partial charge in [0.25, 0.3) is 0 Å². The van der Waals surface area contributed by atoms with Gasteiger partial charge in [0.15, 0.2) is 0 Å². The summed E-state index contributed by atoms with van der Waals surface area (Å²) in [6, 6.07) is 19.9. The SMILES string of the molecule is NC1(c2ccc(-c3[c]cccc3)cc2)CCC1. The average Bonchev–Trinajstić information content (AvgIpc) is 2.37. The van der Waals surface area contributed by atoms with Crippen LogP contribution in [0.25, 0.3) is 11.1 Å². The van der Waals surface area contributed by atoms with Crippen molar-refractivity contribution in [1.82, 2.24) is 0 Å². The van der Waals surface area contributed by atoms with Gasteiger partial charge in [0.1, 0.15) is 0 Å². The Bertz CT molecular complexity index is 495. The largest absolute Gasteiger partial charge is 0.321 e. The first-order valence-corrected chi connectivity index (χ1v) is 6.14. The first-order chi connectivity index (χ1) is 8.28. The minimum Gasteiger partial charge on any atom is -0.321 e. The highest BCUT2D eigenvalue weighted by Gasteiger charge is 2.33. The minimum absolute atomic E-state index is 0.0566. The van der Waals surface area contributed by atoms with Crippen LogP contribution in [0.1, 0.15) is 24.8 Å². The van der Waals surface area contributed by atoms with Gasteiger partial charge in [-0.15, -0.1) is 0 Å². The van der Waals surface area contributed by atoms with Crippen LogP contribution in [0.2, 0.25) is 0 Å². The van der Waals surface area contributed by atoms with Gasteiger partial charge in [-0.25, -0.2) is 0 Å². The predicted molar refractivity (Wildman–Crippen MR) is 70.4 cm³/mol. The molecule has 1 nitrogen and oxygen atoms in total. The number of rotatable bonds is 2. The van der Waals surface area contributed by atoms with E-state index in [0.29, 0.717) is 0 Å². The average molecular weight is 222 g/mol. The van der Waals surface area contributed by atoms with Gasteiger partial charge in [-0.2, -0.15) is 0 Å². The lowest BCUT2D eigenvalue weighted by Crippen LogP contribution is -2.43. The third kappa shape index (κ3) is 1.87. The Kier molecular flexibility index (Phi) is 2.49. The Morgan fingerprint density at radius 3 is 2.29 bits per heavy atom. The van der Waals surface area contributed by atoms with Crippen LogP contribution in [0, 0.1) is 6.07 Å². The molecule has 1 saturated carbocycles. The Hall–Kier alpha value is -1.60. The Labute approximate surface area is 102 Å². The monoisotopic (exact) mass is 222 g/mol. The van der Waals surface area contributed by atoms with Crippen molar-refractivity contribution < 1.29 is 0 Å². The van der Waals surface area contributed by atoms with Crippen molar-refractivity contribution >= 4 is 0 Å². The van der Waals surface area contributed by atoms with Gasteiger partial charge >= 0.3 is 0 Å². The lowest BCUT2D eigenvalue weighted by Gasteiger charge is -2.38. The maximum Gasteiger partial charge on any atom is 0.0409 e. The molecule has 2 aromatic carbocycles. The molecule has 0 amide bonds. The molecule has 2 N–H and O–H groups in total. The molecule has 1 aliphatic rings. The van der Waals surface area contributed by atoms with Crippen LogP contribution in [0.3, 0.4) is 0 Å². The Morgan fingerprint density at radius 1 is 1.00 bits per heavy atom. The molecule has 2 aromatic rings. The maximum atomic E-state index is 6.31. The summed E-state index contributed by atoms with van der Waals surface area (Å²) in [4.78, 5) is 0.